The second kappa shape index (κ2) is 3.32. The minimum absolute atomic E-state index is 0.0237. The highest BCUT2D eigenvalue weighted by Gasteiger charge is 2.16. The van der Waals surface area contributed by atoms with E-state index in [9.17, 15) is 9.18 Å². The predicted molar refractivity (Wildman–Crippen MR) is 43.3 cm³/mol. The van der Waals surface area contributed by atoms with Crippen LogP contribution in [0.5, 0.6) is 0 Å². The van der Waals surface area contributed by atoms with E-state index in [0.29, 0.717) is 3.79 Å². The van der Waals surface area contributed by atoms with Crippen molar-refractivity contribution in [2.45, 2.75) is 0 Å². The van der Waals surface area contributed by atoms with Crippen LogP contribution in [0.1, 0.15) is 10.4 Å². The third-order valence-electron chi connectivity index (χ3n) is 1.09. The summed E-state index contributed by atoms with van der Waals surface area (Å²) in [5.41, 5.74) is -0.0237. The Hall–Kier alpha value is -0.420. The molecule has 0 saturated carbocycles. The van der Waals surface area contributed by atoms with E-state index in [-0.39, 0.29) is 5.56 Å². The van der Waals surface area contributed by atoms with E-state index >= 15 is 0 Å². The number of methoxy groups -OCH3 is 1. The molecule has 1 aromatic rings. The van der Waals surface area contributed by atoms with E-state index in [2.05, 4.69) is 20.7 Å². The van der Waals surface area contributed by atoms with Gasteiger partial charge in [-0.2, -0.15) is 0 Å². The first-order valence-corrected chi connectivity index (χ1v) is 4.35. The standard InChI is InChI=1S/C6H4BrFO2S/c1-10-6(9)3-2-11-5(7)4(3)8/h2H,1H3. The summed E-state index contributed by atoms with van der Waals surface area (Å²) in [4.78, 5) is 10.8. The number of thiophene rings is 1. The van der Waals surface area contributed by atoms with Gasteiger partial charge >= 0.3 is 5.97 Å². The van der Waals surface area contributed by atoms with Gasteiger partial charge in [0.1, 0.15) is 9.35 Å². The number of carbonyl (C=O) groups excluding carboxylic acids is 1. The van der Waals surface area contributed by atoms with E-state index in [1.54, 1.807) is 0 Å². The molecule has 60 valence electrons. The summed E-state index contributed by atoms with van der Waals surface area (Å²) in [7, 11) is 1.22. The molecule has 0 radical (unpaired) electrons. The zero-order valence-electron chi connectivity index (χ0n) is 5.56. The third-order valence-corrected chi connectivity index (χ3v) is 2.74. The molecule has 0 aliphatic rings. The Bertz CT molecular complexity index is 284. The zero-order chi connectivity index (χ0) is 8.43. The molecule has 0 aliphatic carbocycles. The number of hydrogen-bond acceptors (Lipinski definition) is 3. The van der Waals surface area contributed by atoms with Crippen LogP contribution in [0.2, 0.25) is 0 Å². The van der Waals surface area contributed by atoms with Crippen molar-refractivity contribution in [3.8, 4) is 0 Å². The largest absolute Gasteiger partial charge is 0.465 e. The fourth-order valence-electron chi connectivity index (χ4n) is 0.568. The molecule has 1 heterocycles. The van der Waals surface area contributed by atoms with Gasteiger partial charge in [0.2, 0.25) is 0 Å². The van der Waals surface area contributed by atoms with Gasteiger partial charge in [-0.25, -0.2) is 9.18 Å². The minimum Gasteiger partial charge on any atom is -0.465 e. The molecule has 0 aliphatic heterocycles. The number of halogens is 2. The topological polar surface area (TPSA) is 26.3 Å². The van der Waals surface area contributed by atoms with E-state index in [4.69, 9.17) is 0 Å². The third kappa shape index (κ3) is 1.59. The second-order valence-electron chi connectivity index (χ2n) is 1.73. The van der Waals surface area contributed by atoms with Gasteiger partial charge in [-0.05, 0) is 15.9 Å². The molecule has 0 bridgehead atoms. The monoisotopic (exact) mass is 238 g/mol. The van der Waals surface area contributed by atoms with Crippen LogP contribution in [0.3, 0.4) is 0 Å². The SMILES string of the molecule is COC(=O)c1csc(Br)c1F. The number of ether oxygens (including phenoxy) is 1. The predicted octanol–water partition coefficient (Wildman–Crippen LogP) is 2.44. The van der Waals surface area contributed by atoms with Crippen molar-refractivity contribution in [2.75, 3.05) is 7.11 Å². The van der Waals surface area contributed by atoms with Gasteiger partial charge in [-0.1, -0.05) is 0 Å². The van der Waals surface area contributed by atoms with Crippen molar-refractivity contribution in [1.82, 2.24) is 0 Å². The van der Waals surface area contributed by atoms with Crippen LogP contribution < -0.4 is 0 Å². The number of rotatable bonds is 1. The molecule has 0 amide bonds. The van der Waals surface area contributed by atoms with Crippen molar-refractivity contribution < 1.29 is 13.9 Å². The van der Waals surface area contributed by atoms with Gasteiger partial charge in [0.25, 0.3) is 0 Å². The molecular formula is C6H4BrFO2S. The molecule has 0 fully saturated rings. The van der Waals surface area contributed by atoms with E-state index < -0.39 is 11.8 Å². The van der Waals surface area contributed by atoms with Gasteiger partial charge in [0.05, 0.1) is 7.11 Å². The molecule has 1 aromatic heterocycles. The van der Waals surface area contributed by atoms with Gasteiger partial charge < -0.3 is 4.74 Å². The summed E-state index contributed by atoms with van der Waals surface area (Å²) < 4.78 is 17.5. The van der Waals surface area contributed by atoms with Crippen molar-refractivity contribution >= 4 is 33.2 Å². The molecule has 0 aromatic carbocycles. The van der Waals surface area contributed by atoms with E-state index in [0.717, 1.165) is 11.3 Å². The van der Waals surface area contributed by atoms with Gasteiger partial charge in [-0.15, -0.1) is 11.3 Å². The maximum atomic E-state index is 12.9. The highest BCUT2D eigenvalue weighted by atomic mass is 79.9. The Balaban J connectivity index is 3.04. The summed E-state index contributed by atoms with van der Waals surface area (Å²) in [6, 6.07) is 0. The van der Waals surface area contributed by atoms with E-state index in [1.165, 1.54) is 12.5 Å². The highest BCUT2D eigenvalue weighted by Crippen LogP contribution is 2.26. The molecule has 0 spiro atoms. The first-order valence-electron chi connectivity index (χ1n) is 2.67. The minimum atomic E-state index is -0.649. The number of carbonyl (C=O) groups is 1. The lowest BCUT2D eigenvalue weighted by molar-refractivity contribution is 0.0596. The van der Waals surface area contributed by atoms with Crippen molar-refractivity contribution in [2.24, 2.45) is 0 Å². The molecular weight excluding hydrogens is 235 g/mol. The quantitative estimate of drug-likeness (QED) is 0.703. The Morgan fingerprint density at radius 2 is 2.45 bits per heavy atom. The Kier molecular flexibility index (Phi) is 2.62. The van der Waals surface area contributed by atoms with Crippen LogP contribution in [-0.2, 0) is 4.74 Å². The molecule has 2 nitrogen and oxygen atoms in total. The lowest BCUT2D eigenvalue weighted by Gasteiger charge is -1.93. The van der Waals surface area contributed by atoms with Crippen molar-refractivity contribution in [1.29, 1.82) is 0 Å². The second-order valence-corrected chi connectivity index (χ2v) is 3.93. The fourth-order valence-corrected chi connectivity index (χ4v) is 1.70. The summed E-state index contributed by atoms with van der Waals surface area (Å²) in [6.07, 6.45) is 0. The molecule has 0 unspecified atom stereocenters. The lowest BCUT2D eigenvalue weighted by Crippen LogP contribution is -2.01. The normalized spacial score (nSPS) is 9.73. The molecule has 0 saturated heterocycles. The van der Waals surface area contributed by atoms with Crippen LogP contribution >= 0.6 is 27.3 Å². The molecule has 0 N–H and O–H groups in total. The van der Waals surface area contributed by atoms with Crippen LogP contribution in [0.15, 0.2) is 9.17 Å². The smallest absolute Gasteiger partial charge is 0.341 e. The number of hydrogen-bond donors (Lipinski definition) is 0. The fraction of sp³-hybridized carbons (Fsp3) is 0.167. The zero-order valence-corrected chi connectivity index (χ0v) is 7.96. The molecule has 1 rings (SSSR count). The summed E-state index contributed by atoms with van der Waals surface area (Å²) in [6.45, 7) is 0. The first-order chi connectivity index (χ1) is 5.16. The van der Waals surface area contributed by atoms with Crippen molar-refractivity contribution in [3.63, 3.8) is 0 Å². The Labute approximate surface area is 75.1 Å². The molecule has 11 heavy (non-hydrogen) atoms. The average Bonchev–Trinajstić information content (AvgIpc) is 2.32. The first kappa shape index (κ1) is 8.67. The highest BCUT2D eigenvalue weighted by molar-refractivity contribution is 9.11. The summed E-state index contributed by atoms with van der Waals surface area (Å²) in [5, 5.41) is 1.41. The Morgan fingerprint density at radius 1 is 1.82 bits per heavy atom. The van der Waals surface area contributed by atoms with Gasteiger partial charge in [0.15, 0.2) is 5.82 Å². The summed E-state index contributed by atoms with van der Waals surface area (Å²) >= 11 is 4.06. The van der Waals surface area contributed by atoms with Crippen LogP contribution in [0.25, 0.3) is 0 Å². The van der Waals surface area contributed by atoms with Crippen LogP contribution in [0.4, 0.5) is 4.39 Å². The van der Waals surface area contributed by atoms with Crippen LogP contribution in [0, 0.1) is 5.82 Å². The van der Waals surface area contributed by atoms with Gasteiger partial charge in [0, 0.05) is 5.38 Å². The maximum absolute atomic E-state index is 12.9. The van der Waals surface area contributed by atoms with Crippen LogP contribution in [-0.4, -0.2) is 13.1 Å². The molecule has 0 atom stereocenters. The lowest BCUT2D eigenvalue weighted by atomic mass is 10.3. The van der Waals surface area contributed by atoms with Gasteiger partial charge in [-0.3, -0.25) is 0 Å². The average molecular weight is 239 g/mol. The summed E-state index contributed by atoms with van der Waals surface area (Å²) in [5.74, 6) is -1.20. The maximum Gasteiger partial charge on any atom is 0.341 e. The Morgan fingerprint density at radius 3 is 2.82 bits per heavy atom. The molecule has 5 heteroatoms. The van der Waals surface area contributed by atoms with E-state index in [1.807, 2.05) is 0 Å². The van der Waals surface area contributed by atoms with Crippen molar-refractivity contribution in [3.05, 3.63) is 20.5 Å². The number of esters is 1.